The highest BCUT2D eigenvalue weighted by Crippen LogP contribution is 2.18. The van der Waals surface area contributed by atoms with Crippen LogP contribution < -0.4 is 0 Å². The van der Waals surface area contributed by atoms with Gasteiger partial charge in [-0.3, -0.25) is 9.88 Å². The predicted molar refractivity (Wildman–Crippen MR) is 54.7 cm³/mol. The molecular weight excluding hydrogens is 176 g/mol. The third kappa shape index (κ3) is 2.11. The van der Waals surface area contributed by atoms with Crippen molar-refractivity contribution in [1.82, 2.24) is 9.88 Å². The molecule has 0 aromatic carbocycles. The molecule has 1 aromatic heterocycles. The van der Waals surface area contributed by atoms with Gasteiger partial charge in [0.05, 0.1) is 6.10 Å². The van der Waals surface area contributed by atoms with E-state index in [2.05, 4.69) is 16.8 Å². The van der Waals surface area contributed by atoms with E-state index in [9.17, 15) is 5.11 Å². The van der Waals surface area contributed by atoms with Crippen LogP contribution in [0.15, 0.2) is 24.5 Å². The van der Waals surface area contributed by atoms with Gasteiger partial charge >= 0.3 is 0 Å². The van der Waals surface area contributed by atoms with E-state index in [0.29, 0.717) is 5.92 Å². The van der Waals surface area contributed by atoms with Gasteiger partial charge in [-0.25, -0.2) is 0 Å². The zero-order valence-corrected chi connectivity index (χ0v) is 8.43. The number of hydrogen-bond donors (Lipinski definition) is 1. The number of nitrogens with zero attached hydrogens (tertiary/aromatic N) is 2. The molecule has 0 aliphatic carbocycles. The Morgan fingerprint density at radius 3 is 2.71 bits per heavy atom. The second kappa shape index (κ2) is 4.07. The maximum Gasteiger partial charge on any atom is 0.0704 e. The lowest BCUT2D eigenvalue weighted by molar-refractivity contribution is 0.147. The monoisotopic (exact) mass is 192 g/mol. The maximum atomic E-state index is 9.59. The summed E-state index contributed by atoms with van der Waals surface area (Å²) in [5, 5.41) is 9.59. The van der Waals surface area contributed by atoms with E-state index in [-0.39, 0.29) is 6.10 Å². The van der Waals surface area contributed by atoms with Gasteiger partial charge in [0.1, 0.15) is 0 Å². The van der Waals surface area contributed by atoms with Crippen molar-refractivity contribution in [3.05, 3.63) is 30.1 Å². The average Bonchev–Trinajstić information content (AvgIpc) is 2.47. The Bertz CT molecular complexity index is 279. The van der Waals surface area contributed by atoms with Crippen molar-refractivity contribution >= 4 is 0 Å². The van der Waals surface area contributed by atoms with Gasteiger partial charge < -0.3 is 5.11 Å². The van der Waals surface area contributed by atoms with E-state index in [1.807, 2.05) is 24.5 Å². The quantitative estimate of drug-likeness (QED) is 0.756. The fraction of sp³-hybridized carbons (Fsp3) is 0.545. The molecule has 1 N–H and O–H groups in total. The Morgan fingerprint density at radius 1 is 1.43 bits per heavy atom. The summed E-state index contributed by atoms with van der Waals surface area (Å²) in [6, 6.07) is 4.05. The summed E-state index contributed by atoms with van der Waals surface area (Å²) in [7, 11) is 0. The number of aliphatic hydroxyl groups is 1. The molecule has 0 radical (unpaired) electrons. The summed E-state index contributed by atoms with van der Waals surface area (Å²) in [5.74, 6) is 0.400. The fourth-order valence-corrected chi connectivity index (χ4v) is 1.92. The molecule has 0 saturated carbocycles. The molecule has 1 aliphatic rings. The zero-order valence-electron chi connectivity index (χ0n) is 8.43. The van der Waals surface area contributed by atoms with Crippen LogP contribution in [0.2, 0.25) is 0 Å². The summed E-state index contributed by atoms with van der Waals surface area (Å²) in [4.78, 5) is 6.26. The SMILES string of the molecule is C[C@H]1CN(Cc2ccncc2)CC1O. The molecule has 2 rings (SSSR count). The van der Waals surface area contributed by atoms with Gasteiger partial charge in [-0.05, 0) is 23.6 Å². The molecule has 1 saturated heterocycles. The van der Waals surface area contributed by atoms with E-state index in [0.717, 1.165) is 19.6 Å². The van der Waals surface area contributed by atoms with Crippen LogP contribution >= 0.6 is 0 Å². The topological polar surface area (TPSA) is 36.4 Å². The molecule has 14 heavy (non-hydrogen) atoms. The molecule has 0 bridgehead atoms. The third-order valence-electron chi connectivity index (χ3n) is 2.80. The molecule has 1 fully saturated rings. The first kappa shape index (κ1) is 9.62. The van der Waals surface area contributed by atoms with Crippen molar-refractivity contribution < 1.29 is 5.11 Å². The van der Waals surface area contributed by atoms with Gasteiger partial charge in [0.2, 0.25) is 0 Å². The standard InChI is InChI=1S/C11H16N2O/c1-9-6-13(8-11(9)14)7-10-2-4-12-5-3-10/h2-5,9,11,14H,6-8H2,1H3/t9-,11?/m0/s1. The van der Waals surface area contributed by atoms with E-state index >= 15 is 0 Å². The van der Waals surface area contributed by atoms with Crippen LogP contribution in [0.5, 0.6) is 0 Å². The number of likely N-dealkylation sites (tertiary alicyclic amines) is 1. The first-order chi connectivity index (χ1) is 6.75. The summed E-state index contributed by atoms with van der Waals surface area (Å²) < 4.78 is 0. The molecule has 3 nitrogen and oxygen atoms in total. The van der Waals surface area contributed by atoms with Crippen molar-refractivity contribution in [2.75, 3.05) is 13.1 Å². The van der Waals surface area contributed by atoms with Gasteiger partial charge in [0.15, 0.2) is 0 Å². The number of hydrogen-bond acceptors (Lipinski definition) is 3. The lowest BCUT2D eigenvalue weighted by Gasteiger charge is -2.14. The van der Waals surface area contributed by atoms with Crippen molar-refractivity contribution in [1.29, 1.82) is 0 Å². The Morgan fingerprint density at radius 2 is 2.14 bits per heavy atom. The molecule has 0 amide bonds. The van der Waals surface area contributed by atoms with E-state index in [1.165, 1.54) is 5.56 Å². The normalized spacial score (nSPS) is 28.1. The maximum absolute atomic E-state index is 9.59. The van der Waals surface area contributed by atoms with E-state index in [1.54, 1.807) is 0 Å². The van der Waals surface area contributed by atoms with Crippen molar-refractivity contribution in [2.45, 2.75) is 19.6 Å². The molecule has 3 heteroatoms. The van der Waals surface area contributed by atoms with Gasteiger partial charge in [-0.2, -0.15) is 0 Å². The minimum atomic E-state index is -0.156. The Kier molecular flexibility index (Phi) is 2.79. The highest BCUT2D eigenvalue weighted by molar-refractivity contribution is 5.09. The largest absolute Gasteiger partial charge is 0.391 e. The Hall–Kier alpha value is -0.930. The molecule has 76 valence electrons. The number of aromatic nitrogens is 1. The second-order valence-corrected chi connectivity index (χ2v) is 4.09. The minimum Gasteiger partial charge on any atom is -0.391 e. The number of β-amino-alcohol motifs (C(OH)–C–C–N with tert-alkyl or cyclic N) is 1. The van der Waals surface area contributed by atoms with Crippen LogP contribution in [0.3, 0.4) is 0 Å². The number of rotatable bonds is 2. The van der Waals surface area contributed by atoms with Gasteiger partial charge in [-0.1, -0.05) is 6.92 Å². The lowest BCUT2D eigenvalue weighted by atomic mass is 10.1. The Balaban J connectivity index is 1.94. The van der Waals surface area contributed by atoms with Crippen molar-refractivity contribution in [3.8, 4) is 0 Å². The fourth-order valence-electron chi connectivity index (χ4n) is 1.92. The van der Waals surface area contributed by atoms with E-state index < -0.39 is 0 Å². The van der Waals surface area contributed by atoms with E-state index in [4.69, 9.17) is 0 Å². The average molecular weight is 192 g/mol. The molecule has 2 heterocycles. The molecule has 2 atom stereocenters. The first-order valence-electron chi connectivity index (χ1n) is 5.05. The first-order valence-corrected chi connectivity index (χ1v) is 5.05. The highest BCUT2D eigenvalue weighted by atomic mass is 16.3. The van der Waals surface area contributed by atoms with Crippen LogP contribution in [0.1, 0.15) is 12.5 Å². The van der Waals surface area contributed by atoms with Crippen molar-refractivity contribution in [3.63, 3.8) is 0 Å². The van der Waals surface area contributed by atoms with Crippen molar-refractivity contribution in [2.24, 2.45) is 5.92 Å². The van der Waals surface area contributed by atoms with Crippen LogP contribution in [-0.4, -0.2) is 34.2 Å². The third-order valence-corrected chi connectivity index (χ3v) is 2.80. The molecule has 1 aliphatic heterocycles. The molecule has 0 spiro atoms. The zero-order chi connectivity index (χ0) is 9.97. The minimum absolute atomic E-state index is 0.156. The summed E-state index contributed by atoms with van der Waals surface area (Å²) in [6.45, 7) is 4.80. The van der Waals surface area contributed by atoms with Crippen LogP contribution in [0.25, 0.3) is 0 Å². The second-order valence-electron chi connectivity index (χ2n) is 4.09. The van der Waals surface area contributed by atoms with Gasteiger partial charge in [0.25, 0.3) is 0 Å². The summed E-state index contributed by atoms with van der Waals surface area (Å²) >= 11 is 0. The van der Waals surface area contributed by atoms with Crippen LogP contribution in [0, 0.1) is 5.92 Å². The Labute approximate surface area is 84.4 Å². The summed E-state index contributed by atoms with van der Waals surface area (Å²) in [6.07, 6.45) is 3.47. The summed E-state index contributed by atoms with van der Waals surface area (Å²) in [5.41, 5.74) is 1.27. The predicted octanol–water partition coefficient (Wildman–Crippen LogP) is 0.894. The molecule has 1 aromatic rings. The van der Waals surface area contributed by atoms with Crippen LogP contribution in [0.4, 0.5) is 0 Å². The highest BCUT2D eigenvalue weighted by Gasteiger charge is 2.27. The molecular formula is C11H16N2O. The smallest absolute Gasteiger partial charge is 0.0704 e. The van der Waals surface area contributed by atoms with Crippen LogP contribution in [-0.2, 0) is 6.54 Å². The number of pyridine rings is 1. The van der Waals surface area contributed by atoms with Gasteiger partial charge in [-0.15, -0.1) is 0 Å². The molecule has 1 unspecified atom stereocenters. The van der Waals surface area contributed by atoms with Gasteiger partial charge in [0, 0.05) is 32.0 Å². The lowest BCUT2D eigenvalue weighted by Crippen LogP contribution is -2.21. The number of aliphatic hydroxyl groups excluding tert-OH is 1.